The Kier molecular flexibility index (Phi) is 3.92. The van der Waals surface area contributed by atoms with E-state index in [1.54, 1.807) is 0 Å². The number of hydrogen-bond acceptors (Lipinski definition) is 3. The zero-order valence-electron chi connectivity index (χ0n) is 11.8. The van der Waals surface area contributed by atoms with Crippen LogP contribution in [0.4, 0.5) is 4.79 Å². The number of ether oxygens (including phenoxy) is 1. The lowest BCUT2D eigenvalue weighted by atomic mass is 9.88. The molecule has 1 N–H and O–H groups in total. The summed E-state index contributed by atoms with van der Waals surface area (Å²) in [6.07, 6.45) is 4.26. The molecule has 2 aliphatic heterocycles. The van der Waals surface area contributed by atoms with Crippen molar-refractivity contribution in [1.82, 2.24) is 10.2 Å². The molecule has 0 aromatic heterocycles. The molecule has 4 nitrogen and oxygen atoms in total. The van der Waals surface area contributed by atoms with Crippen LogP contribution in [0.15, 0.2) is 30.3 Å². The Morgan fingerprint density at radius 1 is 1.25 bits per heavy atom. The van der Waals surface area contributed by atoms with Crippen LogP contribution in [0.1, 0.15) is 31.2 Å². The second-order valence-electron chi connectivity index (χ2n) is 5.80. The molecule has 1 aromatic carbocycles. The summed E-state index contributed by atoms with van der Waals surface area (Å²) in [7, 11) is 0. The van der Waals surface area contributed by atoms with Crippen molar-refractivity contribution in [3.63, 3.8) is 0 Å². The standard InChI is InChI=1S/C16H22N2O2/c19-15(20-12-14-6-2-1-3-7-14)18-11-5-9-16(18)8-4-10-17-13-16/h1-3,6-7,17H,4-5,8-13H2/t16-/m1/s1. The van der Waals surface area contributed by atoms with Crippen LogP contribution in [0, 0.1) is 0 Å². The van der Waals surface area contributed by atoms with Gasteiger partial charge in [0, 0.05) is 13.1 Å². The minimum atomic E-state index is -0.157. The number of hydrogen-bond donors (Lipinski definition) is 1. The lowest BCUT2D eigenvalue weighted by Gasteiger charge is -2.41. The molecule has 4 heteroatoms. The Bertz CT molecular complexity index is 455. The van der Waals surface area contributed by atoms with Gasteiger partial charge >= 0.3 is 6.09 Å². The summed E-state index contributed by atoms with van der Waals surface area (Å²) in [5.74, 6) is 0. The first-order valence-electron chi connectivity index (χ1n) is 7.49. The predicted octanol–water partition coefficient (Wildman–Crippen LogP) is 2.54. The monoisotopic (exact) mass is 274 g/mol. The number of nitrogens with one attached hydrogen (secondary N) is 1. The number of likely N-dealkylation sites (tertiary alicyclic amines) is 1. The smallest absolute Gasteiger partial charge is 0.410 e. The van der Waals surface area contributed by atoms with E-state index in [2.05, 4.69) is 5.32 Å². The van der Waals surface area contributed by atoms with E-state index in [-0.39, 0.29) is 11.6 Å². The fourth-order valence-electron chi connectivity index (χ4n) is 3.42. The topological polar surface area (TPSA) is 41.6 Å². The third-order valence-electron chi connectivity index (χ3n) is 4.47. The van der Waals surface area contributed by atoms with E-state index in [4.69, 9.17) is 4.74 Å². The normalized spacial score (nSPS) is 25.9. The maximum Gasteiger partial charge on any atom is 0.410 e. The summed E-state index contributed by atoms with van der Waals surface area (Å²) in [6.45, 7) is 3.16. The lowest BCUT2D eigenvalue weighted by Crippen LogP contribution is -2.56. The van der Waals surface area contributed by atoms with Crippen molar-refractivity contribution in [2.75, 3.05) is 19.6 Å². The van der Waals surface area contributed by atoms with E-state index >= 15 is 0 Å². The highest BCUT2D eigenvalue weighted by atomic mass is 16.6. The third-order valence-corrected chi connectivity index (χ3v) is 4.47. The highest BCUT2D eigenvalue weighted by Crippen LogP contribution is 2.35. The summed E-state index contributed by atoms with van der Waals surface area (Å²) < 4.78 is 5.50. The van der Waals surface area contributed by atoms with Crippen molar-refractivity contribution in [3.05, 3.63) is 35.9 Å². The summed E-state index contributed by atoms with van der Waals surface area (Å²) in [4.78, 5) is 14.3. The average Bonchev–Trinajstić information content (AvgIpc) is 2.90. The molecule has 0 bridgehead atoms. The maximum atomic E-state index is 12.4. The highest BCUT2D eigenvalue weighted by molar-refractivity contribution is 5.69. The first-order valence-corrected chi connectivity index (χ1v) is 7.49. The Hall–Kier alpha value is -1.55. The number of rotatable bonds is 2. The summed E-state index contributed by atoms with van der Waals surface area (Å²) >= 11 is 0. The van der Waals surface area contributed by atoms with Crippen molar-refractivity contribution >= 4 is 6.09 Å². The van der Waals surface area contributed by atoms with Gasteiger partial charge in [-0.1, -0.05) is 30.3 Å². The van der Waals surface area contributed by atoms with Gasteiger partial charge in [-0.25, -0.2) is 4.79 Å². The molecule has 1 aromatic rings. The summed E-state index contributed by atoms with van der Waals surface area (Å²) in [6, 6.07) is 9.86. The number of benzene rings is 1. The maximum absolute atomic E-state index is 12.4. The van der Waals surface area contributed by atoms with E-state index in [0.717, 1.165) is 50.9 Å². The molecule has 3 rings (SSSR count). The van der Waals surface area contributed by atoms with Gasteiger partial charge in [-0.05, 0) is 37.8 Å². The molecule has 0 saturated carbocycles. The molecule has 2 aliphatic rings. The van der Waals surface area contributed by atoms with Crippen molar-refractivity contribution in [2.24, 2.45) is 0 Å². The van der Waals surface area contributed by atoms with E-state index in [1.165, 1.54) is 0 Å². The van der Waals surface area contributed by atoms with Crippen LogP contribution in [0.25, 0.3) is 0 Å². The van der Waals surface area contributed by atoms with Crippen LogP contribution in [0.3, 0.4) is 0 Å². The summed E-state index contributed by atoms with van der Waals surface area (Å²) in [5, 5.41) is 3.43. The van der Waals surface area contributed by atoms with Gasteiger partial charge in [0.05, 0.1) is 5.54 Å². The van der Waals surface area contributed by atoms with E-state index < -0.39 is 0 Å². The molecule has 2 saturated heterocycles. The van der Waals surface area contributed by atoms with Gasteiger partial charge in [-0.3, -0.25) is 0 Å². The molecule has 108 valence electrons. The first-order chi connectivity index (χ1) is 9.80. The van der Waals surface area contributed by atoms with Gasteiger partial charge in [-0.2, -0.15) is 0 Å². The Morgan fingerprint density at radius 3 is 2.80 bits per heavy atom. The number of carbonyl (C=O) groups excluding carboxylic acids is 1. The van der Waals surface area contributed by atoms with E-state index in [0.29, 0.717) is 6.61 Å². The molecular weight excluding hydrogens is 252 g/mol. The third kappa shape index (κ3) is 2.66. The number of nitrogens with zero attached hydrogens (tertiary/aromatic N) is 1. The molecular formula is C16H22N2O2. The zero-order chi connectivity index (χ0) is 13.8. The predicted molar refractivity (Wildman–Crippen MR) is 77.4 cm³/mol. The molecule has 1 atom stereocenters. The minimum Gasteiger partial charge on any atom is -0.445 e. The molecule has 1 amide bonds. The SMILES string of the molecule is O=C(OCc1ccccc1)N1CCC[C@@]12CCCNC2. The quantitative estimate of drug-likeness (QED) is 0.901. The van der Waals surface area contributed by atoms with Crippen molar-refractivity contribution in [1.29, 1.82) is 0 Å². The second-order valence-corrected chi connectivity index (χ2v) is 5.80. The van der Waals surface area contributed by atoms with Crippen LogP contribution in [0.2, 0.25) is 0 Å². The van der Waals surface area contributed by atoms with Gasteiger partial charge < -0.3 is 15.0 Å². The average molecular weight is 274 g/mol. The van der Waals surface area contributed by atoms with E-state index in [1.807, 2.05) is 35.2 Å². The van der Waals surface area contributed by atoms with Gasteiger partial charge in [0.15, 0.2) is 0 Å². The van der Waals surface area contributed by atoms with Gasteiger partial charge in [0.25, 0.3) is 0 Å². The van der Waals surface area contributed by atoms with Crippen LogP contribution >= 0.6 is 0 Å². The largest absolute Gasteiger partial charge is 0.445 e. The fourth-order valence-corrected chi connectivity index (χ4v) is 3.42. The fraction of sp³-hybridized carbons (Fsp3) is 0.562. The lowest BCUT2D eigenvalue weighted by molar-refractivity contribution is 0.0547. The van der Waals surface area contributed by atoms with Crippen LogP contribution < -0.4 is 5.32 Å². The molecule has 0 radical (unpaired) electrons. The second kappa shape index (κ2) is 5.83. The number of piperidine rings is 1. The van der Waals surface area contributed by atoms with Gasteiger partial charge in [-0.15, -0.1) is 0 Å². The molecule has 0 unspecified atom stereocenters. The molecule has 20 heavy (non-hydrogen) atoms. The molecule has 2 heterocycles. The van der Waals surface area contributed by atoms with Crippen LogP contribution in [0.5, 0.6) is 0 Å². The Labute approximate surface area is 120 Å². The number of carbonyl (C=O) groups is 1. The zero-order valence-corrected chi connectivity index (χ0v) is 11.8. The van der Waals surface area contributed by atoms with E-state index in [9.17, 15) is 4.79 Å². The Balaban J connectivity index is 1.61. The van der Waals surface area contributed by atoms with Crippen molar-refractivity contribution in [3.8, 4) is 0 Å². The van der Waals surface area contributed by atoms with Gasteiger partial charge in [0.2, 0.25) is 0 Å². The highest BCUT2D eigenvalue weighted by Gasteiger charge is 2.44. The van der Waals surface area contributed by atoms with Crippen LogP contribution in [-0.2, 0) is 11.3 Å². The minimum absolute atomic E-state index is 0.00597. The first kappa shape index (κ1) is 13.4. The molecule has 1 spiro atoms. The summed E-state index contributed by atoms with van der Waals surface area (Å²) in [5.41, 5.74) is 1.04. The van der Waals surface area contributed by atoms with Gasteiger partial charge in [0.1, 0.15) is 6.61 Å². The van der Waals surface area contributed by atoms with Crippen molar-refractivity contribution < 1.29 is 9.53 Å². The molecule has 2 fully saturated rings. The molecule has 0 aliphatic carbocycles. The van der Waals surface area contributed by atoms with Crippen LogP contribution in [-0.4, -0.2) is 36.2 Å². The number of amides is 1. The van der Waals surface area contributed by atoms with Crippen molar-refractivity contribution in [2.45, 2.75) is 37.8 Å². The Morgan fingerprint density at radius 2 is 2.05 bits per heavy atom.